The molecule has 2 atom stereocenters. The van der Waals surface area contributed by atoms with Gasteiger partial charge in [0.1, 0.15) is 0 Å². The normalized spacial score (nSPS) is 13.2. The first kappa shape index (κ1) is 51.6. The molecule has 0 fully saturated rings. The van der Waals surface area contributed by atoms with Crippen LogP contribution < -0.4 is 5.32 Å². The summed E-state index contributed by atoms with van der Waals surface area (Å²) in [6, 6.07) is -0.642. The monoisotopic (exact) mass is 744 g/mol. The van der Waals surface area contributed by atoms with Crippen LogP contribution in [-0.4, -0.2) is 34.9 Å². The molecule has 312 valence electrons. The average molecular weight is 744 g/mol. The van der Waals surface area contributed by atoms with E-state index in [4.69, 9.17) is 0 Å². The van der Waals surface area contributed by atoms with E-state index in [2.05, 4.69) is 43.5 Å². The predicted molar refractivity (Wildman–Crippen MR) is 235 cm³/mol. The fraction of sp³-hybridized carbons (Fsp3) is 0.857. The first-order valence-corrected chi connectivity index (χ1v) is 23.7. The molecule has 2 unspecified atom stereocenters. The first-order chi connectivity index (χ1) is 26.2. The highest BCUT2D eigenvalue weighted by Crippen LogP contribution is 2.16. The lowest BCUT2D eigenvalue weighted by Gasteiger charge is -2.19. The van der Waals surface area contributed by atoms with Gasteiger partial charge in [-0.05, 0) is 44.9 Å². The first-order valence-electron chi connectivity index (χ1n) is 23.7. The summed E-state index contributed by atoms with van der Waals surface area (Å²) in [5.74, 6) is -0.0743. The fourth-order valence-corrected chi connectivity index (χ4v) is 7.21. The van der Waals surface area contributed by atoms with Gasteiger partial charge >= 0.3 is 0 Å². The Morgan fingerprint density at radius 2 is 0.736 bits per heavy atom. The summed E-state index contributed by atoms with van der Waals surface area (Å²) in [5, 5.41) is 23.0. The molecule has 3 N–H and O–H groups in total. The number of aliphatic hydroxyl groups is 2. The second-order valence-electron chi connectivity index (χ2n) is 16.2. The molecule has 0 saturated heterocycles. The van der Waals surface area contributed by atoms with Gasteiger partial charge in [-0.15, -0.1) is 0 Å². The summed E-state index contributed by atoms with van der Waals surface area (Å²) >= 11 is 0. The molecule has 4 nitrogen and oxygen atoms in total. The van der Waals surface area contributed by atoms with Gasteiger partial charge in [0.2, 0.25) is 5.91 Å². The highest BCUT2D eigenvalue weighted by molar-refractivity contribution is 5.76. The van der Waals surface area contributed by atoms with Crippen molar-refractivity contribution in [2.24, 2.45) is 0 Å². The van der Waals surface area contributed by atoms with E-state index < -0.39 is 12.1 Å². The number of hydrogen-bond donors (Lipinski definition) is 3. The largest absolute Gasteiger partial charge is 0.394 e. The molecule has 0 heterocycles. The van der Waals surface area contributed by atoms with Crippen molar-refractivity contribution in [3.63, 3.8) is 0 Å². The summed E-state index contributed by atoms with van der Waals surface area (Å²) < 4.78 is 0. The van der Waals surface area contributed by atoms with Crippen molar-refractivity contribution in [3.05, 3.63) is 36.5 Å². The van der Waals surface area contributed by atoms with E-state index in [1.165, 1.54) is 193 Å². The van der Waals surface area contributed by atoms with Crippen LogP contribution in [0.5, 0.6) is 0 Å². The Balaban J connectivity index is 3.56. The Bertz CT molecular complexity index is 806. The average Bonchev–Trinajstić information content (AvgIpc) is 3.16. The number of unbranched alkanes of at least 4 members (excludes halogenated alkanes) is 32. The van der Waals surface area contributed by atoms with Crippen LogP contribution >= 0.6 is 0 Å². The van der Waals surface area contributed by atoms with E-state index in [1.54, 1.807) is 6.08 Å². The number of amides is 1. The van der Waals surface area contributed by atoms with Gasteiger partial charge in [0.25, 0.3) is 0 Å². The zero-order valence-corrected chi connectivity index (χ0v) is 35.8. The second-order valence-corrected chi connectivity index (χ2v) is 16.2. The van der Waals surface area contributed by atoms with Gasteiger partial charge in [0.15, 0.2) is 0 Å². The molecule has 53 heavy (non-hydrogen) atoms. The van der Waals surface area contributed by atoms with Crippen molar-refractivity contribution in [2.45, 2.75) is 264 Å². The Labute approximate surface area is 331 Å². The van der Waals surface area contributed by atoms with Gasteiger partial charge in [-0.3, -0.25) is 4.79 Å². The smallest absolute Gasteiger partial charge is 0.220 e. The summed E-state index contributed by atoms with van der Waals surface area (Å²) in [4.78, 5) is 12.4. The maximum absolute atomic E-state index is 12.4. The number of carbonyl (C=O) groups excluding carboxylic acids is 1. The number of nitrogens with one attached hydrogen (secondary N) is 1. The van der Waals surface area contributed by atoms with Crippen LogP contribution in [0.15, 0.2) is 36.5 Å². The van der Waals surface area contributed by atoms with Crippen molar-refractivity contribution in [1.29, 1.82) is 0 Å². The number of carbonyl (C=O) groups is 1. The molecule has 0 aromatic heterocycles. The van der Waals surface area contributed by atoms with Gasteiger partial charge in [-0.1, -0.05) is 237 Å². The van der Waals surface area contributed by atoms with E-state index in [1.807, 2.05) is 6.08 Å². The quantitative estimate of drug-likeness (QED) is 0.0430. The van der Waals surface area contributed by atoms with E-state index in [9.17, 15) is 15.0 Å². The minimum Gasteiger partial charge on any atom is -0.394 e. The van der Waals surface area contributed by atoms with Crippen LogP contribution in [0.2, 0.25) is 0 Å². The zero-order valence-electron chi connectivity index (χ0n) is 35.8. The molecule has 0 bridgehead atoms. The van der Waals surface area contributed by atoms with Crippen molar-refractivity contribution in [3.8, 4) is 0 Å². The fourth-order valence-electron chi connectivity index (χ4n) is 7.21. The number of rotatable bonds is 43. The highest BCUT2D eigenvalue weighted by atomic mass is 16.3. The summed E-state index contributed by atoms with van der Waals surface area (Å²) in [5.41, 5.74) is 0. The summed E-state index contributed by atoms with van der Waals surface area (Å²) in [6.07, 6.45) is 59.8. The summed E-state index contributed by atoms with van der Waals surface area (Å²) in [6.45, 7) is 4.31. The van der Waals surface area contributed by atoms with Crippen LogP contribution in [0.3, 0.4) is 0 Å². The maximum Gasteiger partial charge on any atom is 0.220 e. The van der Waals surface area contributed by atoms with Crippen LogP contribution in [-0.2, 0) is 4.79 Å². The van der Waals surface area contributed by atoms with Crippen LogP contribution in [0.4, 0.5) is 0 Å². The molecule has 1 amide bonds. The number of hydrogen-bond acceptors (Lipinski definition) is 3. The van der Waals surface area contributed by atoms with E-state index in [-0.39, 0.29) is 12.5 Å². The molecular formula is C49H93NO3. The third-order valence-electron chi connectivity index (χ3n) is 10.9. The lowest BCUT2D eigenvalue weighted by atomic mass is 10.0. The molecule has 0 aliphatic heterocycles. The van der Waals surface area contributed by atoms with Crippen LogP contribution in [0.25, 0.3) is 0 Å². The van der Waals surface area contributed by atoms with Crippen molar-refractivity contribution >= 4 is 5.91 Å². The SMILES string of the molecule is CCCCCCCCCC/C=C/CC/C=C/CC/C=C/C(O)C(CO)NC(=O)CCCCCCCCCCCCCCCCCCCCCCCCC. The van der Waals surface area contributed by atoms with E-state index in [0.717, 1.165) is 38.5 Å². The second kappa shape index (κ2) is 45.0. The lowest BCUT2D eigenvalue weighted by molar-refractivity contribution is -0.123. The zero-order chi connectivity index (χ0) is 38.6. The van der Waals surface area contributed by atoms with E-state index >= 15 is 0 Å². The maximum atomic E-state index is 12.4. The van der Waals surface area contributed by atoms with Crippen molar-refractivity contribution < 1.29 is 15.0 Å². The predicted octanol–water partition coefficient (Wildman–Crippen LogP) is 15.0. The molecular weight excluding hydrogens is 651 g/mol. The van der Waals surface area contributed by atoms with E-state index in [0.29, 0.717) is 6.42 Å². The molecule has 0 saturated carbocycles. The Hall–Kier alpha value is -1.39. The van der Waals surface area contributed by atoms with Crippen LogP contribution in [0, 0.1) is 0 Å². The van der Waals surface area contributed by atoms with Crippen molar-refractivity contribution in [1.82, 2.24) is 5.32 Å². The number of allylic oxidation sites excluding steroid dienone is 5. The van der Waals surface area contributed by atoms with Crippen molar-refractivity contribution in [2.75, 3.05) is 6.61 Å². The molecule has 4 heteroatoms. The number of aliphatic hydroxyl groups excluding tert-OH is 2. The molecule has 0 aromatic rings. The van der Waals surface area contributed by atoms with Gasteiger partial charge in [-0.2, -0.15) is 0 Å². The molecule has 0 aromatic carbocycles. The van der Waals surface area contributed by atoms with Gasteiger partial charge in [0.05, 0.1) is 18.8 Å². The van der Waals surface area contributed by atoms with Gasteiger partial charge < -0.3 is 15.5 Å². The highest BCUT2D eigenvalue weighted by Gasteiger charge is 2.17. The minimum absolute atomic E-state index is 0.0743. The van der Waals surface area contributed by atoms with Gasteiger partial charge in [-0.25, -0.2) is 0 Å². The standard InChI is InChI=1S/C49H93NO3/c1-3-5-7-9-11-13-15-17-19-21-23-24-25-26-27-29-31-33-35-37-39-41-43-45-49(53)50-47(46-51)48(52)44-42-40-38-36-34-32-30-28-22-20-18-16-14-12-10-8-6-4-2/h22,28,34,36,42,44,47-48,51-52H,3-21,23-27,29-33,35,37-41,43,45-46H2,1-2H3,(H,50,53)/b28-22+,36-34+,44-42+. The minimum atomic E-state index is -0.867. The third kappa shape index (κ3) is 41.6. The topological polar surface area (TPSA) is 69.6 Å². The van der Waals surface area contributed by atoms with Gasteiger partial charge in [0, 0.05) is 6.42 Å². The van der Waals surface area contributed by atoms with Crippen LogP contribution in [0.1, 0.15) is 251 Å². The molecule has 0 radical (unpaired) electrons. The molecule has 0 spiro atoms. The Kier molecular flexibility index (Phi) is 43.8. The lowest BCUT2D eigenvalue weighted by Crippen LogP contribution is -2.45. The molecule has 0 rings (SSSR count). The Morgan fingerprint density at radius 3 is 1.09 bits per heavy atom. The third-order valence-corrected chi connectivity index (χ3v) is 10.9. The molecule has 0 aliphatic rings. The Morgan fingerprint density at radius 1 is 0.434 bits per heavy atom. The molecule has 0 aliphatic carbocycles. The summed E-state index contributed by atoms with van der Waals surface area (Å²) in [7, 11) is 0.